The minimum atomic E-state index is -0.645. The van der Waals surface area contributed by atoms with Crippen molar-refractivity contribution in [2.24, 2.45) is 11.8 Å². The van der Waals surface area contributed by atoms with E-state index < -0.39 is 17.9 Å². The highest BCUT2D eigenvalue weighted by molar-refractivity contribution is 5.86. The van der Waals surface area contributed by atoms with Gasteiger partial charge in [-0.05, 0) is 67.3 Å². The van der Waals surface area contributed by atoms with Crippen molar-refractivity contribution in [3.8, 4) is 5.75 Å². The van der Waals surface area contributed by atoms with E-state index >= 15 is 0 Å². The highest BCUT2D eigenvalue weighted by Crippen LogP contribution is 2.22. The second-order valence-corrected chi connectivity index (χ2v) is 12.4. The lowest BCUT2D eigenvalue weighted by molar-refractivity contribution is -0.149. The summed E-state index contributed by atoms with van der Waals surface area (Å²) < 4.78 is 11.8. The van der Waals surface area contributed by atoms with Gasteiger partial charge in [-0.1, -0.05) is 84.9 Å². The number of benzene rings is 3. The van der Waals surface area contributed by atoms with E-state index in [0.717, 1.165) is 35.3 Å². The normalized spacial score (nSPS) is 15.9. The first-order valence-electron chi connectivity index (χ1n) is 16.8. The fourth-order valence-electron chi connectivity index (χ4n) is 6.05. The summed E-state index contributed by atoms with van der Waals surface area (Å²) in [6, 6.07) is 26.6. The Labute approximate surface area is 284 Å². The predicted molar refractivity (Wildman–Crippen MR) is 187 cm³/mol. The van der Waals surface area contributed by atoms with Crippen LogP contribution in [-0.2, 0) is 38.6 Å². The smallest absolute Gasteiger partial charge is 0.309 e. The molecule has 8 nitrogen and oxygen atoms in total. The van der Waals surface area contributed by atoms with Gasteiger partial charge < -0.3 is 24.8 Å². The maximum absolute atomic E-state index is 13.7. The molecule has 4 rings (SSSR count). The lowest BCUT2D eigenvalue weighted by Crippen LogP contribution is -2.45. The lowest BCUT2D eigenvalue weighted by Gasteiger charge is -2.26. The van der Waals surface area contributed by atoms with E-state index in [-0.39, 0.29) is 43.5 Å². The summed E-state index contributed by atoms with van der Waals surface area (Å²) in [6.45, 7) is 8.52. The molecule has 2 N–H and O–H groups in total. The second kappa shape index (κ2) is 19.2. The molecule has 4 atom stereocenters. The van der Waals surface area contributed by atoms with Crippen molar-refractivity contribution in [3.05, 3.63) is 127 Å². The van der Waals surface area contributed by atoms with Crippen LogP contribution in [0.3, 0.4) is 0 Å². The number of aliphatic hydroxyl groups excluding tert-OH is 1. The molecular weight excluding hydrogens is 604 g/mol. The minimum absolute atomic E-state index is 0.00674. The molecule has 0 spiro atoms. The van der Waals surface area contributed by atoms with Crippen LogP contribution in [0, 0.1) is 11.8 Å². The van der Waals surface area contributed by atoms with Crippen LogP contribution >= 0.6 is 0 Å². The summed E-state index contributed by atoms with van der Waals surface area (Å²) in [5, 5.41) is 12.8. The van der Waals surface area contributed by atoms with Crippen molar-refractivity contribution in [1.29, 1.82) is 0 Å². The Morgan fingerprint density at radius 2 is 1.48 bits per heavy atom. The summed E-state index contributed by atoms with van der Waals surface area (Å²) in [6.07, 6.45) is 6.63. The summed E-state index contributed by atoms with van der Waals surface area (Å²) in [5.74, 6) is -1.16. The third-order valence-electron chi connectivity index (χ3n) is 8.69. The van der Waals surface area contributed by atoms with E-state index in [9.17, 15) is 19.5 Å². The third kappa shape index (κ3) is 11.2. The molecule has 0 radical (unpaired) electrons. The molecule has 2 amide bonds. The number of rotatable bonds is 19. The monoisotopic (exact) mass is 652 g/mol. The topological polar surface area (TPSA) is 105 Å². The molecule has 8 heteroatoms. The minimum Gasteiger partial charge on any atom is -0.489 e. The van der Waals surface area contributed by atoms with Gasteiger partial charge in [0.05, 0.1) is 30.5 Å². The summed E-state index contributed by atoms with van der Waals surface area (Å²) in [7, 11) is 0. The zero-order valence-electron chi connectivity index (χ0n) is 27.7. The van der Waals surface area contributed by atoms with Gasteiger partial charge in [0.2, 0.25) is 11.8 Å². The second-order valence-electron chi connectivity index (χ2n) is 12.4. The molecule has 0 bridgehead atoms. The number of nitrogens with one attached hydrogen (secondary N) is 1. The van der Waals surface area contributed by atoms with Crippen LogP contribution in [0.2, 0.25) is 0 Å². The van der Waals surface area contributed by atoms with E-state index in [1.165, 1.54) is 0 Å². The number of allylic oxidation sites excluding steroid dienone is 2. The molecule has 0 saturated carbocycles. The van der Waals surface area contributed by atoms with E-state index in [0.29, 0.717) is 38.8 Å². The average molecular weight is 653 g/mol. The average Bonchev–Trinajstić information content (AvgIpc) is 3.60. The van der Waals surface area contributed by atoms with Gasteiger partial charge in [0.15, 0.2) is 0 Å². The summed E-state index contributed by atoms with van der Waals surface area (Å²) >= 11 is 0. The van der Waals surface area contributed by atoms with Crippen molar-refractivity contribution in [2.45, 2.75) is 63.6 Å². The molecule has 0 aromatic heterocycles. The van der Waals surface area contributed by atoms with Gasteiger partial charge in [-0.2, -0.15) is 0 Å². The highest BCUT2D eigenvalue weighted by Gasteiger charge is 2.32. The molecule has 1 heterocycles. The fraction of sp³-hybridized carbons (Fsp3) is 0.375. The number of aliphatic hydroxyl groups is 1. The Hall–Kier alpha value is -4.69. The number of carbonyl (C=O) groups excluding carboxylic acids is 3. The first kappa shape index (κ1) is 36.2. The quantitative estimate of drug-likeness (QED) is 0.125. The van der Waals surface area contributed by atoms with Crippen LogP contribution in [0.15, 0.2) is 110 Å². The van der Waals surface area contributed by atoms with Crippen LogP contribution in [-0.4, -0.2) is 59.6 Å². The molecule has 3 aromatic rings. The van der Waals surface area contributed by atoms with Gasteiger partial charge in [-0.25, -0.2) is 0 Å². The van der Waals surface area contributed by atoms with Crippen LogP contribution in [0.4, 0.5) is 0 Å². The number of hydrogen-bond acceptors (Lipinski definition) is 6. The van der Waals surface area contributed by atoms with Crippen LogP contribution in [0.25, 0.3) is 0 Å². The van der Waals surface area contributed by atoms with Crippen LogP contribution in [0.1, 0.15) is 48.8 Å². The first-order chi connectivity index (χ1) is 23.4. The fourth-order valence-corrected chi connectivity index (χ4v) is 6.05. The number of likely N-dealkylation sites (tertiary alicyclic amines) is 1. The van der Waals surface area contributed by atoms with Crippen molar-refractivity contribution in [2.75, 3.05) is 19.8 Å². The molecule has 254 valence electrons. The number of carbonyl (C=O) groups is 3. The largest absolute Gasteiger partial charge is 0.489 e. The van der Waals surface area contributed by atoms with Crippen LogP contribution in [0.5, 0.6) is 5.75 Å². The lowest BCUT2D eigenvalue weighted by atomic mass is 9.96. The van der Waals surface area contributed by atoms with Gasteiger partial charge in [-0.3, -0.25) is 14.4 Å². The SMILES string of the molecule is C=CC[C@H](CC(=O)N1CCC[C@H]1CO)C(=O)N[C@H](COC(=O)[C@@H](CC=C)Cc1ccccc1)Cc1ccc(OCc2ccccc2)cc1. The maximum Gasteiger partial charge on any atom is 0.309 e. The molecule has 1 saturated heterocycles. The molecule has 48 heavy (non-hydrogen) atoms. The Balaban J connectivity index is 1.44. The number of amides is 2. The Bertz CT molecular complexity index is 1460. The Kier molecular flexibility index (Phi) is 14.5. The molecule has 0 aliphatic carbocycles. The van der Waals surface area contributed by atoms with Gasteiger partial charge in [0.25, 0.3) is 0 Å². The van der Waals surface area contributed by atoms with Gasteiger partial charge in [0, 0.05) is 13.0 Å². The van der Waals surface area contributed by atoms with Gasteiger partial charge >= 0.3 is 5.97 Å². The number of nitrogens with zero attached hydrogens (tertiary/aromatic N) is 1. The first-order valence-corrected chi connectivity index (χ1v) is 16.8. The molecule has 0 unspecified atom stereocenters. The molecule has 1 fully saturated rings. The predicted octanol–water partition coefficient (Wildman–Crippen LogP) is 5.84. The maximum atomic E-state index is 13.7. The van der Waals surface area contributed by atoms with Crippen molar-refractivity contribution in [3.63, 3.8) is 0 Å². The summed E-state index contributed by atoms with van der Waals surface area (Å²) in [4.78, 5) is 41.8. The van der Waals surface area contributed by atoms with E-state index in [1.807, 2.05) is 84.9 Å². The molecule has 3 aromatic carbocycles. The number of esters is 1. The highest BCUT2D eigenvalue weighted by atomic mass is 16.5. The van der Waals surface area contributed by atoms with Crippen molar-refractivity contribution in [1.82, 2.24) is 10.2 Å². The molecule has 1 aliphatic heterocycles. The number of ether oxygens (including phenoxy) is 2. The molecular formula is C40H48N2O6. The van der Waals surface area contributed by atoms with E-state index in [4.69, 9.17) is 9.47 Å². The van der Waals surface area contributed by atoms with Crippen molar-refractivity contribution < 1.29 is 29.0 Å². The van der Waals surface area contributed by atoms with E-state index in [1.54, 1.807) is 17.1 Å². The van der Waals surface area contributed by atoms with Gasteiger partial charge in [-0.15, -0.1) is 13.2 Å². The molecule has 1 aliphatic rings. The third-order valence-corrected chi connectivity index (χ3v) is 8.69. The van der Waals surface area contributed by atoms with E-state index in [2.05, 4.69) is 18.5 Å². The summed E-state index contributed by atoms with van der Waals surface area (Å²) in [5.41, 5.74) is 3.02. The standard InChI is InChI=1S/C40H48N2O6/c1-3-12-33(26-38(44)42-23-11-18-36(42)27-43)39(45)41-35(29-48-40(46)34(13-4-2)24-30-14-7-5-8-15-30)25-31-19-21-37(22-20-31)47-28-32-16-9-6-10-17-32/h3-10,14-17,19-22,33-36,43H,1-2,11-13,18,23-29H2,(H,41,45)/t33-,34+,35+,36+/m1/s1. The van der Waals surface area contributed by atoms with Gasteiger partial charge in [0.1, 0.15) is 19.0 Å². The zero-order chi connectivity index (χ0) is 34.1. The van der Waals surface area contributed by atoms with Crippen LogP contribution < -0.4 is 10.1 Å². The Morgan fingerprint density at radius 1 is 0.854 bits per heavy atom. The number of hydrogen-bond donors (Lipinski definition) is 2. The Morgan fingerprint density at radius 3 is 2.12 bits per heavy atom. The van der Waals surface area contributed by atoms with Crippen molar-refractivity contribution >= 4 is 17.8 Å². The zero-order valence-corrected chi connectivity index (χ0v) is 27.7.